The quantitative estimate of drug-likeness (QED) is 0.628. The zero-order valence-corrected chi connectivity index (χ0v) is 11.3. The molecule has 0 amide bonds. The van der Waals surface area contributed by atoms with Gasteiger partial charge in [-0.15, -0.1) is 0 Å². The standard InChI is InChI=1S/C13H21NO5/c1-10-3-4-13(12(7-15)14-10)19-9-11(16)8-18-6-5-17-2/h3-4,11,15-16H,5-9H2,1-2H3. The first-order chi connectivity index (χ1) is 9.17. The normalized spacial score (nSPS) is 12.4. The predicted molar refractivity (Wildman–Crippen MR) is 69.1 cm³/mol. The topological polar surface area (TPSA) is 81.0 Å². The van der Waals surface area contributed by atoms with Gasteiger partial charge in [0.05, 0.1) is 26.4 Å². The molecular formula is C13H21NO5. The van der Waals surface area contributed by atoms with Crippen LogP contribution in [0.4, 0.5) is 0 Å². The number of nitrogens with zero attached hydrogens (tertiary/aromatic N) is 1. The maximum Gasteiger partial charge on any atom is 0.143 e. The van der Waals surface area contributed by atoms with Crippen molar-refractivity contribution in [1.29, 1.82) is 0 Å². The zero-order chi connectivity index (χ0) is 14.1. The summed E-state index contributed by atoms with van der Waals surface area (Å²) in [4.78, 5) is 4.15. The zero-order valence-electron chi connectivity index (χ0n) is 11.3. The van der Waals surface area contributed by atoms with Gasteiger partial charge in [-0.1, -0.05) is 0 Å². The van der Waals surface area contributed by atoms with Gasteiger partial charge in [0, 0.05) is 12.8 Å². The lowest BCUT2D eigenvalue weighted by Gasteiger charge is -2.14. The van der Waals surface area contributed by atoms with Crippen molar-refractivity contribution in [3.63, 3.8) is 0 Å². The minimum atomic E-state index is -0.732. The van der Waals surface area contributed by atoms with Gasteiger partial charge in [0.1, 0.15) is 24.2 Å². The highest BCUT2D eigenvalue weighted by Gasteiger charge is 2.09. The van der Waals surface area contributed by atoms with Gasteiger partial charge in [0.25, 0.3) is 0 Å². The lowest BCUT2D eigenvalue weighted by Crippen LogP contribution is -2.24. The van der Waals surface area contributed by atoms with Crippen LogP contribution in [0.1, 0.15) is 11.4 Å². The molecule has 0 aliphatic heterocycles. The molecular weight excluding hydrogens is 250 g/mol. The summed E-state index contributed by atoms with van der Waals surface area (Å²) in [6, 6.07) is 3.52. The number of pyridine rings is 1. The van der Waals surface area contributed by atoms with Gasteiger partial charge >= 0.3 is 0 Å². The van der Waals surface area contributed by atoms with Crippen LogP contribution in [-0.2, 0) is 16.1 Å². The van der Waals surface area contributed by atoms with Crippen molar-refractivity contribution in [3.8, 4) is 5.75 Å². The number of rotatable bonds is 9. The summed E-state index contributed by atoms with van der Waals surface area (Å²) in [7, 11) is 1.59. The van der Waals surface area contributed by atoms with E-state index < -0.39 is 6.10 Å². The van der Waals surface area contributed by atoms with Crippen LogP contribution in [0.5, 0.6) is 5.75 Å². The smallest absolute Gasteiger partial charge is 0.143 e. The Morgan fingerprint density at radius 3 is 2.74 bits per heavy atom. The first-order valence-electron chi connectivity index (χ1n) is 6.12. The van der Waals surface area contributed by atoms with E-state index in [1.54, 1.807) is 19.2 Å². The van der Waals surface area contributed by atoms with Crippen LogP contribution < -0.4 is 4.74 Å². The monoisotopic (exact) mass is 271 g/mol. The van der Waals surface area contributed by atoms with Crippen molar-refractivity contribution in [2.75, 3.05) is 33.5 Å². The van der Waals surface area contributed by atoms with Gasteiger partial charge in [-0.2, -0.15) is 0 Å². The Morgan fingerprint density at radius 2 is 2.05 bits per heavy atom. The molecule has 0 bridgehead atoms. The molecule has 19 heavy (non-hydrogen) atoms. The number of aliphatic hydroxyl groups is 2. The molecule has 1 aromatic heterocycles. The molecule has 6 heteroatoms. The largest absolute Gasteiger partial charge is 0.489 e. The summed E-state index contributed by atoms with van der Waals surface area (Å²) in [5.74, 6) is 0.476. The van der Waals surface area contributed by atoms with Crippen molar-refractivity contribution < 1.29 is 24.4 Å². The number of aliphatic hydroxyl groups excluding tert-OH is 2. The van der Waals surface area contributed by atoms with Crippen molar-refractivity contribution in [3.05, 3.63) is 23.5 Å². The summed E-state index contributed by atoms with van der Waals surface area (Å²) in [5, 5.41) is 18.8. The molecule has 1 atom stereocenters. The summed E-state index contributed by atoms with van der Waals surface area (Å²) in [5.41, 5.74) is 1.27. The molecule has 1 unspecified atom stereocenters. The van der Waals surface area contributed by atoms with Crippen LogP contribution in [0.15, 0.2) is 12.1 Å². The Balaban J connectivity index is 2.35. The highest BCUT2D eigenvalue weighted by atomic mass is 16.5. The van der Waals surface area contributed by atoms with E-state index in [-0.39, 0.29) is 19.8 Å². The molecule has 2 N–H and O–H groups in total. The van der Waals surface area contributed by atoms with Gasteiger partial charge in [0.15, 0.2) is 0 Å². The van der Waals surface area contributed by atoms with Gasteiger partial charge in [-0.05, 0) is 19.1 Å². The van der Waals surface area contributed by atoms with Crippen LogP contribution >= 0.6 is 0 Å². The SMILES string of the molecule is COCCOCC(O)COc1ccc(C)nc1CO. The molecule has 1 heterocycles. The number of aromatic nitrogens is 1. The Hall–Kier alpha value is -1.21. The average Bonchev–Trinajstić information content (AvgIpc) is 2.42. The van der Waals surface area contributed by atoms with Crippen molar-refractivity contribution in [1.82, 2.24) is 4.98 Å². The molecule has 6 nitrogen and oxygen atoms in total. The highest BCUT2D eigenvalue weighted by Crippen LogP contribution is 2.17. The molecule has 0 aliphatic carbocycles. The van der Waals surface area contributed by atoms with Gasteiger partial charge in [-0.3, -0.25) is 4.98 Å². The minimum Gasteiger partial charge on any atom is -0.489 e. The molecule has 0 saturated carbocycles. The molecule has 1 rings (SSSR count). The van der Waals surface area contributed by atoms with E-state index in [9.17, 15) is 5.11 Å². The number of ether oxygens (including phenoxy) is 3. The van der Waals surface area contributed by atoms with Crippen molar-refractivity contribution >= 4 is 0 Å². The maximum atomic E-state index is 9.65. The Bertz CT molecular complexity index is 372. The molecule has 0 aliphatic rings. The molecule has 0 spiro atoms. The third kappa shape index (κ3) is 5.98. The van der Waals surface area contributed by atoms with Crippen LogP contribution in [0, 0.1) is 6.92 Å². The summed E-state index contributed by atoms with van der Waals surface area (Å²) < 4.78 is 15.4. The molecule has 0 radical (unpaired) electrons. The van der Waals surface area contributed by atoms with E-state index in [1.165, 1.54) is 0 Å². The summed E-state index contributed by atoms with van der Waals surface area (Å²) in [6.07, 6.45) is -0.732. The third-order valence-electron chi connectivity index (χ3n) is 2.39. The first kappa shape index (κ1) is 15.8. The maximum absolute atomic E-state index is 9.65. The van der Waals surface area contributed by atoms with E-state index in [1.807, 2.05) is 6.92 Å². The van der Waals surface area contributed by atoms with E-state index >= 15 is 0 Å². The number of hydrogen-bond acceptors (Lipinski definition) is 6. The molecule has 0 aromatic carbocycles. The fraction of sp³-hybridized carbons (Fsp3) is 0.615. The van der Waals surface area contributed by atoms with E-state index in [0.717, 1.165) is 5.69 Å². The van der Waals surface area contributed by atoms with E-state index in [4.69, 9.17) is 19.3 Å². The predicted octanol–water partition coefficient (Wildman–Crippen LogP) is 0.285. The fourth-order valence-electron chi connectivity index (χ4n) is 1.44. The lowest BCUT2D eigenvalue weighted by atomic mass is 10.3. The number of hydrogen-bond donors (Lipinski definition) is 2. The molecule has 108 valence electrons. The highest BCUT2D eigenvalue weighted by molar-refractivity contribution is 5.28. The Labute approximate surface area is 112 Å². The minimum absolute atomic E-state index is 0.0880. The fourth-order valence-corrected chi connectivity index (χ4v) is 1.44. The van der Waals surface area contributed by atoms with Crippen LogP contribution in [0.25, 0.3) is 0 Å². The lowest BCUT2D eigenvalue weighted by molar-refractivity contribution is -0.00453. The van der Waals surface area contributed by atoms with E-state index in [0.29, 0.717) is 24.7 Å². The number of aryl methyl sites for hydroxylation is 1. The van der Waals surface area contributed by atoms with Crippen LogP contribution in [-0.4, -0.2) is 54.8 Å². The van der Waals surface area contributed by atoms with Crippen LogP contribution in [0.2, 0.25) is 0 Å². The van der Waals surface area contributed by atoms with Gasteiger partial charge < -0.3 is 24.4 Å². The summed E-state index contributed by atoms with van der Waals surface area (Å²) >= 11 is 0. The van der Waals surface area contributed by atoms with Crippen molar-refractivity contribution in [2.45, 2.75) is 19.6 Å². The second kappa shape index (κ2) is 8.82. The summed E-state index contributed by atoms with van der Waals surface area (Å²) in [6.45, 7) is 2.83. The second-order valence-corrected chi connectivity index (χ2v) is 4.09. The van der Waals surface area contributed by atoms with Crippen LogP contribution in [0.3, 0.4) is 0 Å². The first-order valence-corrected chi connectivity index (χ1v) is 6.12. The van der Waals surface area contributed by atoms with Gasteiger partial charge in [-0.25, -0.2) is 0 Å². The van der Waals surface area contributed by atoms with Crippen molar-refractivity contribution in [2.24, 2.45) is 0 Å². The van der Waals surface area contributed by atoms with Gasteiger partial charge in [0.2, 0.25) is 0 Å². The Kier molecular flexibility index (Phi) is 7.35. The number of methoxy groups -OCH3 is 1. The molecule has 0 fully saturated rings. The third-order valence-corrected chi connectivity index (χ3v) is 2.39. The molecule has 0 saturated heterocycles. The molecule has 1 aromatic rings. The second-order valence-electron chi connectivity index (χ2n) is 4.09. The average molecular weight is 271 g/mol. The Morgan fingerprint density at radius 1 is 1.26 bits per heavy atom. The van der Waals surface area contributed by atoms with E-state index in [2.05, 4.69) is 4.98 Å².